The molecule has 0 aromatic heterocycles. The number of likely N-dealkylation sites (tertiary alicyclic amines) is 2. The molecule has 3 aliphatic rings. The van der Waals surface area contributed by atoms with Crippen molar-refractivity contribution < 1.29 is 18.3 Å². The maximum Gasteiger partial charge on any atom is 0.228 e. The van der Waals surface area contributed by atoms with Crippen molar-refractivity contribution in [3.05, 3.63) is 0 Å². The second-order valence-corrected chi connectivity index (χ2v) is 8.38. The number of sulfonamides is 1. The second kappa shape index (κ2) is 5.49. The van der Waals surface area contributed by atoms with Crippen molar-refractivity contribution in [1.82, 2.24) is 14.1 Å². The standard InChI is InChI=1S/C13H23N3O4S/c1-21(19,20)16-6-10(7-16)13(18)15-8-11(12(17)9-15)14-4-2-3-5-14/h10-12,17H,2-9H2,1H3/t11-,12-/m1/s1. The van der Waals surface area contributed by atoms with Crippen molar-refractivity contribution in [2.45, 2.75) is 25.0 Å². The van der Waals surface area contributed by atoms with Crippen LogP contribution in [0.2, 0.25) is 0 Å². The van der Waals surface area contributed by atoms with Gasteiger partial charge in [-0.2, -0.15) is 0 Å². The van der Waals surface area contributed by atoms with Gasteiger partial charge in [0.25, 0.3) is 0 Å². The highest BCUT2D eigenvalue weighted by Gasteiger charge is 2.44. The van der Waals surface area contributed by atoms with Crippen molar-refractivity contribution in [2.24, 2.45) is 5.92 Å². The molecule has 0 aliphatic carbocycles. The molecule has 0 spiro atoms. The molecule has 3 heterocycles. The van der Waals surface area contributed by atoms with E-state index in [9.17, 15) is 18.3 Å². The van der Waals surface area contributed by atoms with Gasteiger partial charge in [0.2, 0.25) is 15.9 Å². The lowest BCUT2D eigenvalue weighted by atomic mass is 10.0. The molecular formula is C13H23N3O4S. The van der Waals surface area contributed by atoms with Gasteiger partial charge in [0.05, 0.1) is 24.3 Å². The lowest BCUT2D eigenvalue weighted by molar-refractivity contribution is -0.138. The van der Waals surface area contributed by atoms with Crippen molar-refractivity contribution in [3.8, 4) is 0 Å². The largest absolute Gasteiger partial charge is 0.390 e. The average molecular weight is 317 g/mol. The molecule has 3 fully saturated rings. The van der Waals surface area contributed by atoms with E-state index >= 15 is 0 Å². The number of amides is 1. The monoisotopic (exact) mass is 317 g/mol. The molecule has 3 aliphatic heterocycles. The van der Waals surface area contributed by atoms with E-state index in [1.54, 1.807) is 4.90 Å². The van der Waals surface area contributed by atoms with E-state index in [0.29, 0.717) is 13.1 Å². The quantitative estimate of drug-likeness (QED) is 0.688. The molecule has 21 heavy (non-hydrogen) atoms. The van der Waals surface area contributed by atoms with Crippen LogP contribution in [-0.4, -0.2) is 91.2 Å². The Morgan fingerprint density at radius 1 is 1.10 bits per heavy atom. The third-order valence-electron chi connectivity index (χ3n) is 4.85. The predicted molar refractivity (Wildman–Crippen MR) is 77.1 cm³/mol. The number of rotatable bonds is 3. The summed E-state index contributed by atoms with van der Waals surface area (Å²) in [6.07, 6.45) is 2.99. The molecule has 0 saturated carbocycles. The van der Waals surface area contributed by atoms with Crippen LogP contribution < -0.4 is 0 Å². The van der Waals surface area contributed by atoms with Gasteiger partial charge in [0.15, 0.2) is 0 Å². The van der Waals surface area contributed by atoms with Gasteiger partial charge in [-0.1, -0.05) is 0 Å². The molecule has 0 bridgehead atoms. The van der Waals surface area contributed by atoms with Crippen LogP contribution in [0.1, 0.15) is 12.8 Å². The maximum atomic E-state index is 12.4. The van der Waals surface area contributed by atoms with E-state index in [2.05, 4.69) is 4.90 Å². The Morgan fingerprint density at radius 2 is 1.71 bits per heavy atom. The van der Waals surface area contributed by atoms with E-state index in [1.807, 2.05) is 0 Å². The first-order valence-corrected chi connectivity index (χ1v) is 9.37. The van der Waals surface area contributed by atoms with Gasteiger partial charge in [0, 0.05) is 26.2 Å². The van der Waals surface area contributed by atoms with E-state index in [-0.39, 0.29) is 31.0 Å². The minimum absolute atomic E-state index is 0.0179. The number of hydrogen-bond donors (Lipinski definition) is 1. The first-order valence-electron chi connectivity index (χ1n) is 7.52. The van der Waals surface area contributed by atoms with Gasteiger partial charge < -0.3 is 10.0 Å². The van der Waals surface area contributed by atoms with Crippen molar-refractivity contribution >= 4 is 15.9 Å². The number of aliphatic hydroxyl groups is 1. The van der Waals surface area contributed by atoms with Gasteiger partial charge >= 0.3 is 0 Å². The Morgan fingerprint density at radius 3 is 2.29 bits per heavy atom. The summed E-state index contributed by atoms with van der Waals surface area (Å²) in [5, 5.41) is 10.2. The van der Waals surface area contributed by atoms with Crippen molar-refractivity contribution in [2.75, 3.05) is 45.5 Å². The average Bonchev–Trinajstić information content (AvgIpc) is 2.93. The highest BCUT2D eigenvalue weighted by atomic mass is 32.2. The molecule has 0 aromatic carbocycles. The minimum Gasteiger partial charge on any atom is -0.390 e. The molecule has 0 radical (unpaired) electrons. The summed E-state index contributed by atoms with van der Waals surface area (Å²) < 4.78 is 24.0. The highest BCUT2D eigenvalue weighted by Crippen LogP contribution is 2.26. The number of β-amino-alcohol motifs (C(OH)–C–C–N with tert-alkyl or cyclic N) is 1. The van der Waals surface area contributed by atoms with E-state index in [0.717, 1.165) is 32.2 Å². The molecule has 8 heteroatoms. The summed E-state index contributed by atoms with van der Waals surface area (Å²) in [4.78, 5) is 16.4. The number of carbonyl (C=O) groups is 1. The first-order chi connectivity index (χ1) is 9.86. The van der Waals surface area contributed by atoms with Crippen LogP contribution in [0.4, 0.5) is 0 Å². The number of aliphatic hydroxyl groups excluding tert-OH is 1. The van der Waals surface area contributed by atoms with Gasteiger partial charge in [0.1, 0.15) is 0 Å². The normalized spacial score (nSPS) is 32.6. The zero-order valence-corrected chi connectivity index (χ0v) is 13.1. The SMILES string of the molecule is CS(=O)(=O)N1CC(C(=O)N2C[C@@H](O)[C@H](N3CCCC3)C2)C1. The molecular weight excluding hydrogens is 294 g/mol. The lowest BCUT2D eigenvalue weighted by Gasteiger charge is -2.38. The summed E-state index contributed by atoms with van der Waals surface area (Å²) in [6.45, 7) is 3.48. The van der Waals surface area contributed by atoms with Crippen LogP contribution >= 0.6 is 0 Å². The van der Waals surface area contributed by atoms with E-state index in [4.69, 9.17) is 0 Å². The smallest absolute Gasteiger partial charge is 0.228 e. The van der Waals surface area contributed by atoms with Crippen LogP contribution in [0.5, 0.6) is 0 Å². The van der Waals surface area contributed by atoms with Crippen LogP contribution in [0.3, 0.4) is 0 Å². The topological polar surface area (TPSA) is 81.2 Å². The van der Waals surface area contributed by atoms with E-state index < -0.39 is 16.1 Å². The Hall–Kier alpha value is -0.700. The minimum atomic E-state index is -3.19. The lowest BCUT2D eigenvalue weighted by Crippen LogP contribution is -2.56. The van der Waals surface area contributed by atoms with Gasteiger partial charge in [-0.25, -0.2) is 12.7 Å². The molecule has 3 rings (SSSR count). The Balaban J connectivity index is 1.55. The molecule has 120 valence electrons. The second-order valence-electron chi connectivity index (χ2n) is 6.40. The summed E-state index contributed by atoms with van der Waals surface area (Å²) in [6, 6.07) is 0.0440. The molecule has 1 N–H and O–H groups in total. The fourth-order valence-corrected chi connectivity index (χ4v) is 4.41. The molecule has 2 atom stereocenters. The molecule has 0 aromatic rings. The Bertz CT molecular complexity index is 512. The van der Waals surface area contributed by atoms with Crippen LogP contribution in [0.25, 0.3) is 0 Å². The fraction of sp³-hybridized carbons (Fsp3) is 0.923. The Kier molecular flexibility index (Phi) is 3.98. The number of carbonyl (C=O) groups excluding carboxylic acids is 1. The zero-order chi connectivity index (χ0) is 15.2. The summed E-state index contributed by atoms with van der Waals surface area (Å²) in [7, 11) is -3.19. The molecule has 0 unspecified atom stereocenters. The summed E-state index contributed by atoms with van der Waals surface area (Å²) in [5.74, 6) is -0.264. The highest BCUT2D eigenvalue weighted by molar-refractivity contribution is 7.88. The van der Waals surface area contributed by atoms with Gasteiger partial charge in [-0.05, 0) is 25.9 Å². The third kappa shape index (κ3) is 2.94. The van der Waals surface area contributed by atoms with Gasteiger partial charge in [-0.15, -0.1) is 0 Å². The first kappa shape index (κ1) is 15.2. The predicted octanol–water partition coefficient (Wildman–Crippen LogP) is -1.45. The van der Waals surface area contributed by atoms with Crippen LogP contribution in [0, 0.1) is 5.92 Å². The molecule has 3 saturated heterocycles. The van der Waals surface area contributed by atoms with Crippen LogP contribution in [0.15, 0.2) is 0 Å². The molecule has 1 amide bonds. The van der Waals surface area contributed by atoms with Gasteiger partial charge in [-0.3, -0.25) is 9.69 Å². The summed E-state index contributed by atoms with van der Waals surface area (Å²) >= 11 is 0. The van der Waals surface area contributed by atoms with Crippen LogP contribution in [-0.2, 0) is 14.8 Å². The third-order valence-corrected chi connectivity index (χ3v) is 6.08. The van der Waals surface area contributed by atoms with Crippen molar-refractivity contribution in [1.29, 1.82) is 0 Å². The van der Waals surface area contributed by atoms with Crippen molar-refractivity contribution in [3.63, 3.8) is 0 Å². The number of hydrogen-bond acceptors (Lipinski definition) is 5. The Labute approximate surface area is 125 Å². The summed E-state index contributed by atoms with van der Waals surface area (Å²) in [5.41, 5.74) is 0. The van der Waals surface area contributed by atoms with E-state index in [1.165, 1.54) is 4.31 Å². The maximum absolute atomic E-state index is 12.4. The molecule has 7 nitrogen and oxygen atoms in total. The number of nitrogens with zero attached hydrogens (tertiary/aromatic N) is 3. The zero-order valence-electron chi connectivity index (χ0n) is 12.3. The fourth-order valence-electron chi connectivity index (χ4n) is 3.50.